The zero-order chi connectivity index (χ0) is 12.8. The summed E-state index contributed by atoms with van der Waals surface area (Å²) in [5.41, 5.74) is -0.0327. The van der Waals surface area contributed by atoms with E-state index >= 15 is 0 Å². The Bertz CT molecular complexity index is 447. The van der Waals surface area contributed by atoms with E-state index in [0.29, 0.717) is 13.0 Å². The van der Waals surface area contributed by atoms with E-state index in [1.54, 1.807) is 0 Å². The SMILES string of the molecule is N#CC1(NC(=O)OCc2ccccc2)CCOC1. The van der Waals surface area contributed by atoms with Crippen LogP contribution in [-0.2, 0) is 16.1 Å². The van der Waals surface area contributed by atoms with Crippen LogP contribution >= 0.6 is 0 Å². The third-order valence-corrected chi connectivity index (χ3v) is 2.79. The van der Waals surface area contributed by atoms with Gasteiger partial charge in [0, 0.05) is 6.42 Å². The van der Waals surface area contributed by atoms with E-state index in [-0.39, 0.29) is 13.2 Å². The lowest BCUT2D eigenvalue weighted by Crippen LogP contribution is -2.48. The highest BCUT2D eigenvalue weighted by Gasteiger charge is 2.37. The molecule has 18 heavy (non-hydrogen) atoms. The van der Waals surface area contributed by atoms with Crippen LogP contribution in [0.3, 0.4) is 0 Å². The molecule has 5 nitrogen and oxygen atoms in total. The Morgan fingerprint density at radius 2 is 2.28 bits per heavy atom. The summed E-state index contributed by atoms with van der Waals surface area (Å²) in [5, 5.41) is 11.6. The molecular weight excluding hydrogens is 232 g/mol. The van der Waals surface area contributed by atoms with Gasteiger partial charge >= 0.3 is 6.09 Å². The van der Waals surface area contributed by atoms with E-state index in [1.807, 2.05) is 30.3 Å². The molecule has 0 aromatic heterocycles. The fourth-order valence-electron chi connectivity index (χ4n) is 1.73. The van der Waals surface area contributed by atoms with Crippen LogP contribution in [-0.4, -0.2) is 24.8 Å². The normalized spacial score (nSPS) is 22.2. The predicted molar refractivity (Wildman–Crippen MR) is 63.5 cm³/mol. The van der Waals surface area contributed by atoms with Crippen molar-refractivity contribution in [1.29, 1.82) is 5.26 Å². The molecule has 5 heteroatoms. The minimum absolute atomic E-state index is 0.190. The predicted octanol–water partition coefficient (Wildman–Crippen LogP) is 1.60. The van der Waals surface area contributed by atoms with Crippen LogP contribution in [0.15, 0.2) is 30.3 Å². The summed E-state index contributed by atoms with van der Waals surface area (Å²) < 4.78 is 10.2. The number of ether oxygens (including phenoxy) is 2. The summed E-state index contributed by atoms with van der Waals surface area (Å²) in [4.78, 5) is 11.6. The van der Waals surface area contributed by atoms with Crippen molar-refractivity contribution < 1.29 is 14.3 Å². The van der Waals surface area contributed by atoms with E-state index < -0.39 is 11.6 Å². The lowest BCUT2D eigenvalue weighted by molar-refractivity contribution is 0.126. The van der Waals surface area contributed by atoms with E-state index in [1.165, 1.54) is 0 Å². The number of hydrogen-bond acceptors (Lipinski definition) is 4. The number of carbonyl (C=O) groups excluding carboxylic acids is 1. The first-order valence-corrected chi connectivity index (χ1v) is 5.72. The van der Waals surface area contributed by atoms with Crippen LogP contribution in [0.2, 0.25) is 0 Å². The van der Waals surface area contributed by atoms with Crippen LogP contribution < -0.4 is 5.32 Å². The molecule has 1 aliphatic rings. The van der Waals surface area contributed by atoms with Crippen molar-refractivity contribution in [2.75, 3.05) is 13.2 Å². The van der Waals surface area contributed by atoms with Gasteiger partial charge in [-0.2, -0.15) is 5.26 Å². The van der Waals surface area contributed by atoms with Crippen LogP contribution in [0.5, 0.6) is 0 Å². The number of nitriles is 1. The lowest BCUT2D eigenvalue weighted by atomic mass is 10.0. The molecule has 1 atom stereocenters. The average Bonchev–Trinajstić information content (AvgIpc) is 2.87. The summed E-state index contributed by atoms with van der Waals surface area (Å²) in [7, 11) is 0. The van der Waals surface area contributed by atoms with Crippen molar-refractivity contribution >= 4 is 6.09 Å². The van der Waals surface area contributed by atoms with Gasteiger partial charge in [0.15, 0.2) is 5.54 Å². The third kappa shape index (κ3) is 2.99. The molecule has 1 aromatic carbocycles. The second-order valence-electron chi connectivity index (χ2n) is 4.18. The van der Waals surface area contributed by atoms with Gasteiger partial charge in [-0.25, -0.2) is 4.79 Å². The van der Waals surface area contributed by atoms with Crippen molar-refractivity contribution in [2.24, 2.45) is 0 Å². The number of nitrogens with zero attached hydrogens (tertiary/aromatic N) is 1. The maximum absolute atomic E-state index is 11.6. The summed E-state index contributed by atoms with van der Waals surface area (Å²) >= 11 is 0. The van der Waals surface area contributed by atoms with Crippen LogP contribution in [0.4, 0.5) is 4.79 Å². The largest absolute Gasteiger partial charge is 0.445 e. The highest BCUT2D eigenvalue weighted by atomic mass is 16.5. The molecule has 1 aliphatic heterocycles. The lowest BCUT2D eigenvalue weighted by Gasteiger charge is -2.19. The zero-order valence-electron chi connectivity index (χ0n) is 9.89. The van der Waals surface area contributed by atoms with E-state index in [2.05, 4.69) is 11.4 Å². The number of amides is 1. The quantitative estimate of drug-likeness (QED) is 0.879. The fourth-order valence-corrected chi connectivity index (χ4v) is 1.73. The van der Waals surface area contributed by atoms with Crippen LogP contribution in [0, 0.1) is 11.3 Å². The number of nitrogens with one attached hydrogen (secondary N) is 1. The summed E-state index contributed by atoms with van der Waals surface area (Å²) in [6.45, 7) is 0.880. The van der Waals surface area contributed by atoms with Gasteiger partial charge in [-0.3, -0.25) is 0 Å². The van der Waals surface area contributed by atoms with Gasteiger partial charge in [0.1, 0.15) is 6.61 Å². The molecule has 0 saturated carbocycles. The van der Waals surface area contributed by atoms with Gasteiger partial charge in [-0.1, -0.05) is 30.3 Å². The topological polar surface area (TPSA) is 71.4 Å². The van der Waals surface area contributed by atoms with Crippen LogP contribution in [0.25, 0.3) is 0 Å². The van der Waals surface area contributed by atoms with Crippen molar-refractivity contribution in [3.05, 3.63) is 35.9 Å². The van der Waals surface area contributed by atoms with E-state index in [0.717, 1.165) is 5.56 Å². The Kier molecular flexibility index (Phi) is 3.80. The first kappa shape index (κ1) is 12.4. The smallest absolute Gasteiger partial charge is 0.408 e. The number of benzene rings is 1. The summed E-state index contributed by atoms with van der Waals surface area (Å²) in [6, 6.07) is 11.4. The van der Waals surface area contributed by atoms with Gasteiger partial charge in [0.2, 0.25) is 0 Å². The Hall–Kier alpha value is -2.06. The number of alkyl carbamates (subject to hydrolysis) is 1. The first-order valence-electron chi connectivity index (χ1n) is 5.72. The molecule has 94 valence electrons. The van der Waals surface area contributed by atoms with Gasteiger partial charge in [-0.15, -0.1) is 0 Å². The van der Waals surface area contributed by atoms with Crippen LogP contribution in [0.1, 0.15) is 12.0 Å². The minimum Gasteiger partial charge on any atom is -0.445 e. The Labute approximate surface area is 105 Å². The Morgan fingerprint density at radius 3 is 2.89 bits per heavy atom. The molecular formula is C13H14N2O3. The van der Waals surface area contributed by atoms with Gasteiger partial charge in [-0.05, 0) is 5.56 Å². The molecule has 1 fully saturated rings. The second kappa shape index (κ2) is 5.52. The highest BCUT2D eigenvalue weighted by molar-refractivity contribution is 5.69. The van der Waals surface area contributed by atoms with Gasteiger partial charge < -0.3 is 14.8 Å². The summed E-state index contributed by atoms with van der Waals surface area (Å²) in [5.74, 6) is 0. The molecule has 1 saturated heterocycles. The molecule has 1 N–H and O–H groups in total. The van der Waals surface area contributed by atoms with Crippen molar-refractivity contribution in [3.63, 3.8) is 0 Å². The van der Waals surface area contributed by atoms with Crippen molar-refractivity contribution in [2.45, 2.75) is 18.6 Å². The first-order chi connectivity index (χ1) is 8.74. The molecule has 0 spiro atoms. The number of rotatable bonds is 3. The van der Waals surface area contributed by atoms with Gasteiger partial charge in [0.05, 0.1) is 19.3 Å². The highest BCUT2D eigenvalue weighted by Crippen LogP contribution is 2.17. The van der Waals surface area contributed by atoms with E-state index in [9.17, 15) is 4.79 Å². The second-order valence-corrected chi connectivity index (χ2v) is 4.18. The minimum atomic E-state index is -0.937. The maximum Gasteiger partial charge on any atom is 0.408 e. The van der Waals surface area contributed by atoms with Crippen molar-refractivity contribution in [3.8, 4) is 6.07 Å². The zero-order valence-corrected chi connectivity index (χ0v) is 9.89. The monoisotopic (exact) mass is 246 g/mol. The van der Waals surface area contributed by atoms with E-state index in [4.69, 9.17) is 14.7 Å². The molecule has 1 heterocycles. The molecule has 0 aliphatic carbocycles. The standard InChI is InChI=1S/C13H14N2O3/c14-9-13(6-7-17-10-13)15-12(16)18-8-11-4-2-1-3-5-11/h1-5H,6-8,10H2,(H,15,16). The molecule has 0 radical (unpaired) electrons. The maximum atomic E-state index is 11.6. The van der Waals surface area contributed by atoms with Gasteiger partial charge in [0.25, 0.3) is 0 Å². The molecule has 1 unspecified atom stereocenters. The molecule has 1 amide bonds. The van der Waals surface area contributed by atoms with Crippen molar-refractivity contribution in [1.82, 2.24) is 5.32 Å². The Morgan fingerprint density at radius 1 is 1.50 bits per heavy atom. The number of hydrogen-bond donors (Lipinski definition) is 1. The molecule has 2 rings (SSSR count). The third-order valence-electron chi connectivity index (χ3n) is 2.79. The number of carbonyl (C=O) groups is 1. The fraction of sp³-hybridized carbons (Fsp3) is 0.385. The summed E-state index contributed by atoms with van der Waals surface area (Å²) in [6.07, 6.45) is -0.102. The molecule has 1 aromatic rings. The average molecular weight is 246 g/mol. The molecule has 0 bridgehead atoms. The Balaban J connectivity index is 1.84.